The van der Waals surface area contributed by atoms with Gasteiger partial charge in [0, 0.05) is 13.1 Å². The lowest BCUT2D eigenvalue weighted by atomic mass is 9.85. The third kappa shape index (κ3) is 3.21. The minimum Gasteiger partial charge on any atom is -0.398 e. The van der Waals surface area contributed by atoms with Crippen molar-refractivity contribution in [2.24, 2.45) is 5.92 Å². The van der Waals surface area contributed by atoms with Crippen molar-refractivity contribution in [3.63, 3.8) is 0 Å². The molecule has 4 nitrogen and oxygen atoms in total. The fourth-order valence-electron chi connectivity index (χ4n) is 3.05. The van der Waals surface area contributed by atoms with Gasteiger partial charge in [0.15, 0.2) is 0 Å². The maximum Gasteiger partial charge on any atom is 0.248 e. The molecule has 0 amide bonds. The van der Waals surface area contributed by atoms with Gasteiger partial charge in [-0.05, 0) is 43.7 Å². The Kier molecular flexibility index (Phi) is 4.88. The van der Waals surface area contributed by atoms with E-state index in [0.717, 1.165) is 38.2 Å². The predicted octanol–water partition coefficient (Wildman–Crippen LogP) is 3.00. The summed E-state index contributed by atoms with van der Waals surface area (Å²) in [4.78, 5) is -0.398. The Balaban J connectivity index is 2.24. The lowest BCUT2D eigenvalue weighted by Crippen LogP contribution is -2.40. The van der Waals surface area contributed by atoms with Gasteiger partial charge >= 0.3 is 0 Å². The number of halogens is 1. The lowest BCUT2D eigenvalue weighted by Gasteiger charge is -2.33. The van der Waals surface area contributed by atoms with Gasteiger partial charge in [-0.1, -0.05) is 19.4 Å². The molecule has 0 radical (unpaired) electrons. The van der Waals surface area contributed by atoms with E-state index in [1.165, 1.54) is 23.5 Å². The maximum atomic E-state index is 13.9. The summed E-state index contributed by atoms with van der Waals surface area (Å²) in [5.74, 6) is -0.111. The summed E-state index contributed by atoms with van der Waals surface area (Å²) >= 11 is 0. The van der Waals surface area contributed by atoms with E-state index in [1.54, 1.807) is 0 Å². The molecule has 0 unspecified atom stereocenters. The average Bonchev–Trinajstić information content (AvgIpc) is 2.46. The van der Waals surface area contributed by atoms with E-state index in [-0.39, 0.29) is 11.7 Å². The van der Waals surface area contributed by atoms with Crippen LogP contribution in [0.1, 0.15) is 39.0 Å². The average molecular weight is 314 g/mol. The second kappa shape index (κ2) is 6.32. The summed E-state index contributed by atoms with van der Waals surface area (Å²) in [7, 11) is -2.36. The number of nitrogen functional groups attached to an aromatic ring is 1. The van der Waals surface area contributed by atoms with Crippen LogP contribution < -0.4 is 5.73 Å². The Bertz CT molecular complexity index is 575. The molecule has 1 aliphatic carbocycles. The van der Waals surface area contributed by atoms with E-state index in [2.05, 4.69) is 6.92 Å². The number of hydrogen-bond donors (Lipinski definition) is 1. The number of nitrogens with two attached hydrogens (primary N) is 1. The number of benzene rings is 1. The SMILES string of the molecule is CCC1CCC(N(C)S(=O)(=O)c2c(N)cccc2F)CC1. The van der Waals surface area contributed by atoms with Crippen LogP contribution in [0.2, 0.25) is 0 Å². The van der Waals surface area contributed by atoms with Crippen LogP contribution in [0.3, 0.4) is 0 Å². The monoisotopic (exact) mass is 314 g/mol. The minimum absolute atomic E-state index is 0.0379. The van der Waals surface area contributed by atoms with E-state index in [0.29, 0.717) is 5.92 Å². The molecule has 0 heterocycles. The molecule has 118 valence electrons. The lowest BCUT2D eigenvalue weighted by molar-refractivity contribution is 0.232. The Labute approximate surface area is 126 Å². The molecular weight excluding hydrogens is 291 g/mol. The Hall–Kier alpha value is -1.14. The molecule has 1 saturated carbocycles. The molecule has 0 bridgehead atoms. The van der Waals surface area contributed by atoms with Gasteiger partial charge in [0.05, 0.1) is 5.69 Å². The Morgan fingerprint density at radius 2 is 1.90 bits per heavy atom. The summed E-state index contributed by atoms with van der Waals surface area (Å²) in [5, 5.41) is 0. The molecule has 2 rings (SSSR count). The largest absolute Gasteiger partial charge is 0.398 e. The number of anilines is 1. The molecule has 21 heavy (non-hydrogen) atoms. The van der Waals surface area contributed by atoms with Crippen molar-refractivity contribution < 1.29 is 12.8 Å². The zero-order chi connectivity index (χ0) is 15.6. The zero-order valence-corrected chi connectivity index (χ0v) is 13.4. The van der Waals surface area contributed by atoms with Crippen LogP contribution in [0.15, 0.2) is 23.1 Å². The van der Waals surface area contributed by atoms with Crippen LogP contribution >= 0.6 is 0 Å². The van der Waals surface area contributed by atoms with Gasteiger partial charge in [-0.3, -0.25) is 0 Å². The highest BCUT2D eigenvalue weighted by atomic mass is 32.2. The second-order valence-electron chi connectivity index (χ2n) is 5.76. The predicted molar refractivity (Wildman–Crippen MR) is 81.8 cm³/mol. The number of nitrogens with zero attached hydrogens (tertiary/aromatic N) is 1. The molecule has 0 atom stereocenters. The van der Waals surface area contributed by atoms with E-state index < -0.39 is 20.7 Å². The van der Waals surface area contributed by atoms with Gasteiger partial charge in [-0.2, -0.15) is 4.31 Å². The molecule has 6 heteroatoms. The molecule has 2 N–H and O–H groups in total. The third-order valence-corrected chi connectivity index (χ3v) is 6.55. The van der Waals surface area contributed by atoms with Crippen LogP contribution in [0.4, 0.5) is 10.1 Å². The van der Waals surface area contributed by atoms with E-state index in [4.69, 9.17) is 5.73 Å². The van der Waals surface area contributed by atoms with Crippen molar-refractivity contribution in [1.82, 2.24) is 4.31 Å². The summed E-state index contributed by atoms with van der Waals surface area (Å²) in [6.45, 7) is 2.16. The van der Waals surface area contributed by atoms with Crippen molar-refractivity contribution in [3.05, 3.63) is 24.0 Å². The van der Waals surface area contributed by atoms with Gasteiger partial charge in [-0.15, -0.1) is 0 Å². The molecule has 0 spiro atoms. The van der Waals surface area contributed by atoms with Crippen molar-refractivity contribution in [2.75, 3.05) is 12.8 Å². The maximum absolute atomic E-state index is 13.9. The van der Waals surface area contributed by atoms with E-state index in [9.17, 15) is 12.8 Å². The van der Waals surface area contributed by atoms with Crippen LogP contribution in [-0.2, 0) is 10.0 Å². The van der Waals surface area contributed by atoms with Crippen molar-refractivity contribution in [3.8, 4) is 0 Å². The first kappa shape index (κ1) is 16.2. The number of hydrogen-bond acceptors (Lipinski definition) is 3. The molecular formula is C15H23FN2O2S. The first-order chi connectivity index (χ1) is 9.87. The van der Waals surface area contributed by atoms with Gasteiger partial charge in [0.1, 0.15) is 10.7 Å². The van der Waals surface area contributed by atoms with Crippen LogP contribution in [0, 0.1) is 11.7 Å². The first-order valence-corrected chi connectivity index (χ1v) is 8.84. The van der Waals surface area contributed by atoms with Gasteiger partial charge in [-0.25, -0.2) is 12.8 Å². The molecule has 1 aliphatic rings. The number of rotatable bonds is 4. The third-order valence-electron chi connectivity index (χ3n) is 4.54. The van der Waals surface area contributed by atoms with E-state index >= 15 is 0 Å². The molecule has 0 saturated heterocycles. The normalized spacial score (nSPS) is 23.4. The van der Waals surface area contributed by atoms with Crippen LogP contribution in [0.5, 0.6) is 0 Å². The quantitative estimate of drug-likeness (QED) is 0.869. The molecule has 0 aromatic heterocycles. The topological polar surface area (TPSA) is 63.4 Å². The van der Waals surface area contributed by atoms with Gasteiger partial charge < -0.3 is 5.73 Å². The van der Waals surface area contributed by atoms with Crippen LogP contribution in [-0.4, -0.2) is 25.8 Å². The van der Waals surface area contributed by atoms with Gasteiger partial charge in [0.2, 0.25) is 10.0 Å². The second-order valence-corrected chi connectivity index (χ2v) is 7.70. The summed E-state index contributed by atoms with van der Waals surface area (Å²) < 4.78 is 40.5. The van der Waals surface area contributed by atoms with Crippen molar-refractivity contribution >= 4 is 15.7 Å². The standard InChI is InChI=1S/C15H23FN2O2S/c1-3-11-7-9-12(10-8-11)18(2)21(19,20)15-13(16)5-4-6-14(15)17/h4-6,11-12H,3,7-10,17H2,1-2H3. The highest BCUT2D eigenvalue weighted by Crippen LogP contribution is 2.33. The number of sulfonamides is 1. The summed E-state index contributed by atoms with van der Waals surface area (Å²) in [6, 6.07) is 3.88. The summed E-state index contributed by atoms with van der Waals surface area (Å²) in [6.07, 6.45) is 4.82. The fourth-order valence-corrected chi connectivity index (χ4v) is 4.63. The van der Waals surface area contributed by atoms with Crippen molar-refractivity contribution in [2.45, 2.75) is 50.0 Å². The Morgan fingerprint density at radius 3 is 2.43 bits per heavy atom. The molecule has 0 aliphatic heterocycles. The molecule has 1 aromatic carbocycles. The highest BCUT2D eigenvalue weighted by Gasteiger charge is 2.33. The zero-order valence-electron chi connectivity index (χ0n) is 12.5. The summed E-state index contributed by atoms with van der Waals surface area (Å²) in [5.41, 5.74) is 5.63. The minimum atomic E-state index is -3.89. The Morgan fingerprint density at radius 1 is 1.29 bits per heavy atom. The van der Waals surface area contributed by atoms with Crippen molar-refractivity contribution in [1.29, 1.82) is 0 Å². The first-order valence-electron chi connectivity index (χ1n) is 7.40. The smallest absolute Gasteiger partial charge is 0.248 e. The fraction of sp³-hybridized carbons (Fsp3) is 0.600. The highest BCUT2D eigenvalue weighted by molar-refractivity contribution is 7.89. The van der Waals surface area contributed by atoms with Crippen LogP contribution in [0.25, 0.3) is 0 Å². The molecule has 1 fully saturated rings. The van der Waals surface area contributed by atoms with E-state index in [1.807, 2.05) is 0 Å². The molecule has 1 aromatic rings. The van der Waals surface area contributed by atoms with Gasteiger partial charge in [0.25, 0.3) is 0 Å².